The third kappa shape index (κ3) is 5.33. The summed E-state index contributed by atoms with van der Waals surface area (Å²) in [5.41, 5.74) is 1.88. The minimum absolute atomic E-state index is 0.0666. The van der Waals surface area contributed by atoms with Crippen LogP contribution in [0.2, 0.25) is 0 Å². The van der Waals surface area contributed by atoms with Crippen molar-refractivity contribution in [1.82, 2.24) is 10.2 Å². The van der Waals surface area contributed by atoms with Gasteiger partial charge in [0.15, 0.2) is 0 Å². The molecule has 0 aliphatic carbocycles. The summed E-state index contributed by atoms with van der Waals surface area (Å²) >= 11 is 0. The fourth-order valence-corrected chi connectivity index (χ4v) is 3.55. The molecule has 1 heterocycles. The molecule has 8 heteroatoms. The maximum atomic E-state index is 13.7. The summed E-state index contributed by atoms with van der Waals surface area (Å²) in [6.45, 7) is 2.09. The number of benzene rings is 2. The first kappa shape index (κ1) is 21.7. The molecular weight excluding hydrogens is 390 g/mol. The Morgan fingerprint density at radius 2 is 1.70 bits per heavy atom. The van der Waals surface area contributed by atoms with Crippen molar-refractivity contribution >= 4 is 23.2 Å². The van der Waals surface area contributed by atoms with Crippen molar-refractivity contribution in [3.05, 3.63) is 59.7 Å². The van der Waals surface area contributed by atoms with Gasteiger partial charge in [-0.2, -0.15) is 0 Å². The first-order valence-corrected chi connectivity index (χ1v) is 9.90. The van der Waals surface area contributed by atoms with E-state index in [9.17, 15) is 18.4 Å². The molecule has 0 radical (unpaired) electrons. The van der Waals surface area contributed by atoms with Crippen LogP contribution in [0.25, 0.3) is 0 Å². The number of nitrogens with zero attached hydrogens (tertiary/aromatic N) is 2. The highest BCUT2D eigenvalue weighted by Gasteiger charge is 2.25. The number of halogens is 2. The standard InChI is InChI=1S/C22H26F2N4O2/c1-27(2)17-8-5-15(6-9-17)20(28-11-3-4-12-28)14-25-21(29)22(30)26-19-10-7-16(23)13-18(19)24/h5-10,13,20H,3-4,11-12,14H2,1-2H3,(H,25,29)(H,26,30)/t20-/m1/s1. The number of anilines is 2. The van der Waals surface area contributed by atoms with Crippen molar-refractivity contribution in [1.29, 1.82) is 0 Å². The van der Waals surface area contributed by atoms with Crippen LogP contribution in [0, 0.1) is 11.6 Å². The molecule has 2 N–H and O–H groups in total. The van der Waals surface area contributed by atoms with Crippen molar-refractivity contribution < 1.29 is 18.4 Å². The fraction of sp³-hybridized carbons (Fsp3) is 0.364. The first-order chi connectivity index (χ1) is 14.3. The van der Waals surface area contributed by atoms with Crippen LogP contribution in [0.15, 0.2) is 42.5 Å². The van der Waals surface area contributed by atoms with Gasteiger partial charge in [0, 0.05) is 32.4 Å². The van der Waals surface area contributed by atoms with E-state index in [2.05, 4.69) is 15.5 Å². The van der Waals surface area contributed by atoms with Gasteiger partial charge < -0.3 is 15.5 Å². The zero-order chi connectivity index (χ0) is 21.7. The molecule has 160 valence electrons. The van der Waals surface area contributed by atoms with Gasteiger partial charge in [-0.3, -0.25) is 14.5 Å². The molecule has 0 spiro atoms. The molecule has 2 aromatic carbocycles. The quantitative estimate of drug-likeness (QED) is 0.711. The summed E-state index contributed by atoms with van der Waals surface area (Å²) in [4.78, 5) is 28.7. The van der Waals surface area contributed by atoms with Crippen molar-refractivity contribution in [2.45, 2.75) is 18.9 Å². The molecule has 1 aliphatic rings. The van der Waals surface area contributed by atoms with Gasteiger partial charge >= 0.3 is 11.8 Å². The molecule has 1 fully saturated rings. The normalized spacial score (nSPS) is 14.9. The van der Waals surface area contributed by atoms with Gasteiger partial charge in [-0.15, -0.1) is 0 Å². The topological polar surface area (TPSA) is 64.7 Å². The minimum Gasteiger partial charge on any atom is -0.378 e. The number of nitrogens with one attached hydrogen (secondary N) is 2. The Hall–Kier alpha value is -3.00. The van der Waals surface area contributed by atoms with E-state index >= 15 is 0 Å². The van der Waals surface area contributed by atoms with E-state index in [0.717, 1.165) is 49.3 Å². The van der Waals surface area contributed by atoms with Crippen molar-refractivity contribution in [2.24, 2.45) is 0 Å². The fourth-order valence-electron chi connectivity index (χ4n) is 3.55. The number of carbonyl (C=O) groups is 2. The van der Waals surface area contributed by atoms with Gasteiger partial charge in [0.05, 0.1) is 11.7 Å². The van der Waals surface area contributed by atoms with Crippen molar-refractivity contribution in [3.8, 4) is 0 Å². The Kier molecular flexibility index (Phi) is 6.99. The van der Waals surface area contributed by atoms with E-state index in [0.29, 0.717) is 6.07 Å². The molecule has 30 heavy (non-hydrogen) atoms. The zero-order valence-corrected chi connectivity index (χ0v) is 17.1. The van der Waals surface area contributed by atoms with Crippen LogP contribution in [0.4, 0.5) is 20.2 Å². The Balaban J connectivity index is 1.65. The molecule has 6 nitrogen and oxygen atoms in total. The van der Waals surface area contributed by atoms with Gasteiger partial charge in [-0.1, -0.05) is 12.1 Å². The van der Waals surface area contributed by atoms with Gasteiger partial charge in [0.2, 0.25) is 0 Å². The Morgan fingerprint density at radius 3 is 2.30 bits per heavy atom. The Labute approximate surface area is 174 Å². The van der Waals surface area contributed by atoms with Crippen LogP contribution in [0.5, 0.6) is 0 Å². The van der Waals surface area contributed by atoms with E-state index in [-0.39, 0.29) is 18.3 Å². The van der Waals surface area contributed by atoms with Crippen molar-refractivity contribution in [2.75, 3.05) is 43.9 Å². The lowest BCUT2D eigenvalue weighted by atomic mass is 10.0. The lowest BCUT2D eigenvalue weighted by molar-refractivity contribution is -0.136. The van der Waals surface area contributed by atoms with Gasteiger partial charge in [-0.25, -0.2) is 8.78 Å². The predicted octanol–water partition coefficient (Wildman–Crippen LogP) is 2.92. The predicted molar refractivity (Wildman–Crippen MR) is 112 cm³/mol. The largest absolute Gasteiger partial charge is 0.378 e. The molecule has 0 bridgehead atoms. The molecular formula is C22H26F2N4O2. The monoisotopic (exact) mass is 416 g/mol. The van der Waals surface area contributed by atoms with E-state index in [4.69, 9.17) is 0 Å². The maximum Gasteiger partial charge on any atom is 0.313 e. The molecule has 2 amide bonds. The maximum absolute atomic E-state index is 13.7. The number of hydrogen-bond acceptors (Lipinski definition) is 4. The summed E-state index contributed by atoms with van der Waals surface area (Å²) in [6.07, 6.45) is 2.18. The number of amides is 2. The van der Waals surface area contributed by atoms with E-state index < -0.39 is 23.4 Å². The highest BCUT2D eigenvalue weighted by molar-refractivity contribution is 6.39. The Bertz CT molecular complexity index is 897. The van der Waals surface area contributed by atoms with Crippen LogP contribution in [-0.4, -0.2) is 50.4 Å². The van der Waals surface area contributed by atoms with E-state index in [1.54, 1.807) is 0 Å². The number of hydrogen-bond donors (Lipinski definition) is 2. The summed E-state index contributed by atoms with van der Waals surface area (Å²) in [5.74, 6) is -3.56. The van der Waals surface area contributed by atoms with Crippen LogP contribution < -0.4 is 15.5 Å². The highest BCUT2D eigenvalue weighted by Crippen LogP contribution is 2.26. The van der Waals surface area contributed by atoms with Gasteiger partial charge in [0.25, 0.3) is 0 Å². The second-order valence-corrected chi connectivity index (χ2v) is 7.53. The molecule has 1 saturated heterocycles. The summed E-state index contributed by atoms with van der Waals surface area (Å²) in [7, 11) is 3.94. The average molecular weight is 416 g/mol. The van der Waals surface area contributed by atoms with Crippen molar-refractivity contribution in [3.63, 3.8) is 0 Å². The van der Waals surface area contributed by atoms with Crippen LogP contribution >= 0.6 is 0 Å². The second-order valence-electron chi connectivity index (χ2n) is 7.53. The zero-order valence-electron chi connectivity index (χ0n) is 17.1. The number of likely N-dealkylation sites (tertiary alicyclic amines) is 1. The third-order valence-electron chi connectivity index (χ3n) is 5.22. The lowest BCUT2D eigenvalue weighted by Crippen LogP contribution is -2.41. The van der Waals surface area contributed by atoms with Crippen LogP contribution in [0.3, 0.4) is 0 Å². The van der Waals surface area contributed by atoms with Gasteiger partial charge in [0.1, 0.15) is 11.6 Å². The summed E-state index contributed by atoms with van der Waals surface area (Å²) < 4.78 is 26.7. The summed E-state index contributed by atoms with van der Waals surface area (Å²) in [5, 5.41) is 4.83. The smallest absolute Gasteiger partial charge is 0.313 e. The molecule has 3 rings (SSSR count). The SMILES string of the molecule is CN(C)c1ccc([C@@H](CNC(=O)C(=O)Nc2ccc(F)cc2F)N2CCCC2)cc1. The van der Waals surface area contributed by atoms with E-state index in [1.165, 1.54) is 0 Å². The van der Waals surface area contributed by atoms with Crippen LogP contribution in [0.1, 0.15) is 24.4 Å². The molecule has 1 atom stereocenters. The average Bonchev–Trinajstić information content (AvgIpc) is 3.25. The third-order valence-corrected chi connectivity index (χ3v) is 5.22. The lowest BCUT2D eigenvalue weighted by Gasteiger charge is -2.28. The first-order valence-electron chi connectivity index (χ1n) is 9.90. The minimum atomic E-state index is -0.997. The number of carbonyl (C=O) groups excluding carboxylic acids is 2. The van der Waals surface area contributed by atoms with Gasteiger partial charge in [-0.05, 0) is 55.8 Å². The molecule has 1 aliphatic heterocycles. The molecule has 0 aromatic heterocycles. The highest BCUT2D eigenvalue weighted by atomic mass is 19.1. The Morgan fingerprint density at radius 1 is 1.03 bits per heavy atom. The van der Waals surface area contributed by atoms with E-state index in [1.807, 2.05) is 43.3 Å². The second kappa shape index (κ2) is 9.67. The van der Waals surface area contributed by atoms with Crippen LogP contribution in [-0.2, 0) is 9.59 Å². The molecule has 0 unspecified atom stereocenters. The number of rotatable bonds is 6. The summed E-state index contributed by atoms with van der Waals surface area (Å²) in [6, 6.07) is 10.8. The molecule has 0 saturated carbocycles. The molecule has 2 aromatic rings.